The van der Waals surface area contributed by atoms with Crippen molar-refractivity contribution in [3.8, 4) is 0 Å². The lowest BCUT2D eigenvalue weighted by atomic mass is 10.00. The van der Waals surface area contributed by atoms with Crippen molar-refractivity contribution in [2.75, 3.05) is 5.75 Å². The molecule has 2 aromatic rings. The molecule has 0 radical (unpaired) electrons. The molecule has 1 aromatic carbocycles. The van der Waals surface area contributed by atoms with E-state index in [0.29, 0.717) is 22.4 Å². The number of hydrogen-bond acceptors (Lipinski definition) is 5. The van der Waals surface area contributed by atoms with Gasteiger partial charge >= 0.3 is 0 Å². The van der Waals surface area contributed by atoms with Crippen molar-refractivity contribution in [1.82, 2.24) is 14.9 Å². The Kier molecular flexibility index (Phi) is 4.45. The maximum atomic E-state index is 14.0. The lowest BCUT2D eigenvalue weighted by Gasteiger charge is -2.19. The summed E-state index contributed by atoms with van der Waals surface area (Å²) in [6, 6.07) is 3.17. The van der Waals surface area contributed by atoms with Gasteiger partial charge in [-0.05, 0) is 18.1 Å². The molecule has 0 amide bonds. The molecule has 122 valence electrons. The first kappa shape index (κ1) is 16.1. The van der Waals surface area contributed by atoms with E-state index in [4.69, 9.17) is 5.73 Å². The molecular weight excluding hydrogens is 320 g/mol. The Morgan fingerprint density at radius 2 is 2.13 bits per heavy atom. The van der Waals surface area contributed by atoms with Gasteiger partial charge in [0.15, 0.2) is 5.82 Å². The predicted molar refractivity (Wildman–Crippen MR) is 85.4 cm³/mol. The van der Waals surface area contributed by atoms with E-state index in [9.17, 15) is 8.78 Å². The number of rotatable bonds is 4. The smallest absolute Gasteiger partial charge is 0.212 e. The Hall–Kier alpha value is -1.80. The highest BCUT2D eigenvalue weighted by Gasteiger charge is 2.26. The van der Waals surface area contributed by atoms with Gasteiger partial charge in [-0.1, -0.05) is 32.0 Å². The van der Waals surface area contributed by atoms with Gasteiger partial charge in [0, 0.05) is 17.4 Å². The van der Waals surface area contributed by atoms with Crippen LogP contribution in [0.3, 0.4) is 0 Å². The van der Waals surface area contributed by atoms with Crippen LogP contribution in [0.1, 0.15) is 37.7 Å². The van der Waals surface area contributed by atoms with Crippen LogP contribution in [-0.4, -0.2) is 26.3 Å². The lowest BCUT2D eigenvalue weighted by Crippen LogP contribution is -2.24. The van der Waals surface area contributed by atoms with E-state index < -0.39 is 11.6 Å². The van der Waals surface area contributed by atoms with Crippen molar-refractivity contribution >= 4 is 17.5 Å². The molecular formula is C15H17F2N5S. The van der Waals surface area contributed by atoms with Crippen molar-refractivity contribution in [2.45, 2.75) is 31.5 Å². The van der Waals surface area contributed by atoms with Crippen LogP contribution in [0.25, 0.3) is 0 Å². The molecule has 0 aliphatic carbocycles. The fraction of sp³-hybridized carbons (Fsp3) is 0.400. The third-order valence-electron chi connectivity index (χ3n) is 3.99. The minimum atomic E-state index is -0.631. The monoisotopic (exact) mass is 337 g/mol. The van der Waals surface area contributed by atoms with Gasteiger partial charge in [-0.25, -0.2) is 8.78 Å². The first-order valence-electron chi connectivity index (χ1n) is 7.38. The van der Waals surface area contributed by atoms with E-state index in [1.54, 1.807) is 4.68 Å². The normalized spacial score (nSPS) is 16.7. The molecule has 0 saturated heterocycles. The Morgan fingerprint density at radius 3 is 2.83 bits per heavy atom. The molecule has 5 nitrogen and oxygen atoms in total. The molecule has 1 aliphatic heterocycles. The van der Waals surface area contributed by atoms with Crippen molar-refractivity contribution in [3.63, 3.8) is 0 Å². The van der Waals surface area contributed by atoms with Crippen molar-refractivity contribution < 1.29 is 8.78 Å². The molecule has 2 heterocycles. The topological polar surface area (TPSA) is 69.1 Å². The van der Waals surface area contributed by atoms with Gasteiger partial charge in [-0.15, -0.1) is 10.2 Å². The van der Waals surface area contributed by atoms with Gasteiger partial charge in [0.05, 0.1) is 11.8 Å². The van der Waals surface area contributed by atoms with Gasteiger partial charge in [-0.3, -0.25) is 0 Å². The van der Waals surface area contributed by atoms with Crippen LogP contribution < -0.4 is 5.73 Å². The quantitative estimate of drug-likeness (QED) is 0.931. The van der Waals surface area contributed by atoms with Gasteiger partial charge < -0.3 is 5.73 Å². The van der Waals surface area contributed by atoms with Crippen LogP contribution in [0.2, 0.25) is 0 Å². The van der Waals surface area contributed by atoms with Crippen molar-refractivity contribution in [3.05, 3.63) is 41.2 Å². The van der Waals surface area contributed by atoms with Crippen molar-refractivity contribution in [2.24, 2.45) is 16.8 Å². The minimum Gasteiger partial charge on any atom is -0.321 e. The molecule has 0 fully saturated rings. The fourth-order valence-electron chi connectivity index (χ4n) is 2.31. The summed E-state index contributed by atoms with van der Waals surface area (Å²) >= 11 is 1.40. The summed E-state index contributed by atoms with van der Waals surface area (Å²) in [5.74, 6) is -0.0226. The highest BCUT2D eigenvalue weighted by molar-refractivity contribution is 7.99. The summed E-state index contributed by atoms with van der Waals surface area (Å²) in [4.78, 5) is 0. The lowest BCUT2D eigenvalue weighted by molar-refractivity contribution is 0.425. The molecule has 0 bridgehead atoms. The van der Waals surface area contributed by atoms with E-state index in [1.165, 1.54) is 23.9 Å². The zero-order chi connectivity index (χ0) is 16.6. The molecule has 0 saturated carbocycles. The van der Waals surface area contributed by atoms with E-state index in [2.05, 4.69) is 22.2 Å². The SMILES string of the molecule is CCC(C)C(N)c1nnc2n1N=C(c1ccc(F)cc1F)CS2. The average molecular weight is 337 g/mol. The number of halogens is 2. The van der Waals surface area contributed by atoms with Crippen molar-refractivity contribution in [1.29, 1.82) is 0 Å². The first-order chi connectivity index (χ1) is 11.0. The molecule has 0 spiro atoms. The van der Waals surface area contributed by atoms with Crippen LogP contribution in [-0.2, 0) is 0 Å². The molecule has 2 unspecified atom stereocenters. The van der Waals surface area contributed by atoms with Gasteiger partial charge in [0.1, 0.15) is 11.6 Å². The van der Waals surface area contributed by atoms with Crippen LogP contribution in [0.4, 0.5) is 8.78 Å². The maximum Gasteiger partial charge on any atom is 0.212 e. The molecule has 1 aliphatic rings. The van der Waals surface area contributed by atoms with E-state index in [0.717, 1.165) is 12.5 Å². The zero-order valence-electron chi connectivity index (χ0n) is 12.8. The Balaban J connectivity index is 2.01. The number of aromatic nitrogens is 3. The van der Waals surface area contributed by atoms with Gasteiger partial charge in [0.2, 0.25) is 5.16 Å². The Bertz CT molecular complexity index is 758. The second-order valence-corrected chi connectivity index (χ2v) is 6.47. The fourth-order valence-corrected chi connectivity index (χ4v) is 3.15. The molecule has 23 heavy (non-hydrogen) atoms. The third kappa shape index (κ3) is 3.00. The second kappa shape index (κ2) is 6.37. The highest BCUT2D eigenvalue weighted by Crippen LogP contribution is 2.29. The van der Waals surface area contributed by atoms with Gasteiger partial charge in [-0.2, -0.15) is 9.78 Å². The molecule has 1 aromatic heterocycles. The van der Waals surface area contributed by atoms with E-state index >= 15 is 0 Å². The summed E-state index contributed by atoms with van der Waals surface area (Å²) in [5.41, 5.74) is 7.02. The summed E-state index contributed by atoms with van der Waals surface area (Å²) in [6.45, 7) is 4.09. The van der Waals surface area contributed by atoms with E-state index in [1.807, 2.05) is 6.92 Å². The number of nitrogens with two attached hydrogens (primary N) is 1. The molecule has 8 heteroatoms. The summed E-state index contributed by atoms with van der Waals surface area (Å²) in [7, 11) is 0. The van der Waals surface area contributed by atoms with Crippen LogP contribution >= 0.6 is 11.8 Å². The third-order valence-corrected chi connectivity index (χ3v) is 4.92. The molecule has 2 atom stereocenters. The number of nitrogens with zero attached hydrogens (tertiary/aromatic N) is 4. The zero-order valence-corrected chi connectivity index (χ0v) is 13.6. The summed E-state index contributed by atoms with van der Waals surface area (Å²) in [5, 5.41) is 13.3. The predicted octanol–water partition coefficient (Wildman–Crippen LogP) is 2.96. The maximum absolute atomic E-state index is 14.0. The largest absolute Gasteiger partial charge is 0.321 e. The average Bonchev–Trinajstić information content (AvgIpc) is 2.96. The van der Waals surface area contributed by atoms with Crippen LogP contribution in [0.15, 0.2) is 28.5 Å². The minimum absolute atomic E-state index is 0.219. The number of benzene rings is 1. The number of fused-ring (bicyclic) bond motifs is 1. The van der Waals surface area contributed by atoms with E-state index in [-0.39, 0.29) is 17.5 Å². The molecule has 3 rings (SSSR count). The second-order valence-electron chi connectivity index (χ2n) is 5.52. The number of hydrogen-bond donors (Lipinski definition) is 1. The van der Waals surface area contributed by atoms with Gasteiger partial charge in [0.25, 0.3) is 0 Å². The Labute approximate surface area is 137 Å². The highest BCUT2D eigenvalue weighted by atomic mass is 32.2. The molecule has 2 N–H and O–H groups in total. The van der Waals surface area contributed by atoms with Crippen LogP contribution in [0.5, 0.6) is 0 Å². The first-order valence-corrected chi connectivity index (χ1v) is 8.36. The van der Waals surface area contributed by atoms with Crippen LogP contribution in [0, 0.1) is 17.6 Å². The summed E-state index contributed by atoms with van der Waals surface area (Å²) in [6.07, 6.45) is 0.902. The standard InChI is InChI=1S/C15H17F2N5S/c1-3-8(2)13(18)14-19-20-15-22(14)21-12(7-23-15)10-5-4-9(16)6-11(10)17/h4-6,8,13H,3,7,18H2,1-2H3. The Morgan fingerprint density at radius 1 is 1.35 bits per heavy atom. The number of thioether (sulfide) groups is 1. The summed E-state index contributed by atoms with van der Waals surface area (Å²) < 4.78 is 28.6.